The lowest BCUT2D eigenvalue weighted by molar-refractivity contribution is -0.441. The number of nitrogens with zero attached hydrogens (tertiary/aromatic N) is 3. The molecule has 2 aromatic rings. The maximum atomic E-state index is 12.3. The van der Waals surface area contributed by atoms with Gasteiger partial charge in [0.05, 0.1) is 80.2 Å². The van der Waals surface area contributed by atoms with Gasteiger partial charge in [-0.3, -0.25) is 23.2 Å². The molecule has 2 atom stereocenters. The molecular formula is C47H64N3O19S3+. The van der Waals surface area contributed by atoms with Gasteiger partial charge in [-0.25, -0.2) is 4.79 Å². The zero-order valence-corrected chi connectivity index (χ0v) is 43.2. The average molecular weight is 1070 g/mol. The first-order valence-corrected chi connectivity index (χ1v) is 27.6. The first-order valence-electron chi connectivity index (χ1n) is 23.1. The molecule has 398 valence electrons. The fourth-order valence-electron chi connectivity index (χ4n) is 8.73. The Morgan fingerprint density at radius 3 is 1.85 bits per heavy atom. The zero-order valence-electron chi connectivity index (χ0n) is 40.7. The molecule has 0 aromatic heterocycles. The Bertz CT molecular complexity index is 2720. The van der Waals surface area contributed by atoms with Crippen LogP contribution in [0.2, 0.25) is 0 Å². The van der Waals surface area contributed by atoms with Gasteiger partial charge in [0.25, 0.3) is 42.2 Å². The van der Waals surface area contributed by atoms with Crippen LogP contribution in [0, 0.1) is 0 Å². The number of rotatable bonds is 31. The minimum Gasteiger partial charge on any atom is -0.385 e. The molecule has 3 aliphatic rings. The summed E-state index contributed by atoms with van der Waals surface area (Å²) in [6, 6.07) is 8.66. The highest BCUT2D eigenvalue weighted by molar-refractivity contribution is 7.86. The Morgan fingerprint density at radius 1 is 0.694 bits per heavy atom. The number of fused-ring (bicyclic) bond motifs is 2. The molecule has 3 heterocycles. The van der Waals surface area contributed by atoms with Crippen molar-refractivity contribution in [2.24, 2.45) is 0 Å². The molecule has 3 aliphatic heterocycles. The lowest BCUT2D eigenvalue weighted by Gasteiger charge is -2.30. The quantitative estimate of drug-likeness (QED) is 0.0319. The molecule has 0 bridgehead atoms. The summed E-state index contributed by atoms with van der Waals surface area (Å²) >= 11 is 0. The second-order valence-corrected chi connectivity index (χ2v) is 21.7. The summed E-state index contributed by atoms with van der Waals surface area (Å²) in [4.78, 5) is 41.2. The van der Waals surface area contributed by atoms with Gasteiger partial charge in [-0.2, -0.15) is 29.8 Å². The van der Waals surface area contributed by atoms with Crippen LogP contribution in [-0.2, 0) is 88.8 Å². The van der Waals surface area contributed by atoms with Crippen molar-refractivity contribution in [2.75, 3.05) is 104 Å². The molecule has 5 rings (SSSR count). The van der Waals surface area contributed by atoms with Crippen LogP contribution in [-0.4, -0.2) is 171 Å². The highest BCUT2D eigenvalue weighted by Crippen LogP contribution is 2.51. The summed E-state index contributed by atoms with van der Waals surface area (Å²) in [5, 5.41) is 0.487. The summed E-state index contributed by atoms with van der Waals surface area (Å²) in [5.41, 5.74) is 2.17. The molecule has 72 heavy (non-hydrogen) atoms. The number of methoxy groups -OCH3 is 2. The van der Waals surface area contributed by atoms with Crippen molar-refractivity contribution >= 4 is 65.2 Å². The number of hydrogen-bond donors (Lipinski definition) is 3. The normalized spacial score (nSPS) is 20.0. The summed E-state index contributed by atoms with van der Waals surface area (Å²) < 4.78 is 137. The van der Waals surface area contributed by atoms with E-state index >= 15 is 0 Å². The summed E-state index contributed by atoms with van der Waals surface area (Å²) in [5.74, 6) is -2.39. The van der Waals surface area contributed by atoms with Crippen molar-refractivity contribution in [1.29, 1.82) is 0 Å². The van der Waals surface area contributed by atoms with Gasteiger partial charge in [-0.15, -0.1) is 5.06 Å². The minimum atomic E-state index is -4.59. The Balaban J connectivity index is 1.25. The topological polar surface area (TPSA) is 288 Å². The summed E-state index contributed by atoms with van der Waals surface area (Å²) in [7, 11) is -10.4. The van der Waals surface area contributed by atoms with Gasteiger partial charge in [0, 0.05) is 74.7 Å². The van der Waals surface area contributed by atoms with E-state index in [0.717, 1.165) is 5.70 Å². The monoisotopic (exact) mass is 1070 g/mol. The number of benzene rings is 2. The van der Waals surface area contributed by atoms with Crippen molar-refractivity contribution in [3.8, 4) is 0 Å². The van der Waals surface area contributed by atoms with Crippen molar-refractivity contribution < 1.29 is 91.1 Å². The number of ether oxygens (including phenoxy) is 6. The van der Waals surface area contributed by atoms with Gasteiger partial charge in [0.15, 0.2) is 12.3 Å². The molecule has 2 aromatic carbocycles. The van der Waals surface area contributed by atoms with E-state index in [1.807, 2.05) is 35.5 Å². The fourth-order valence-corrected chi connectivity index (χ4v) is 10.2. The molecule has 22 nitrogen and oxygen atoms in total. The second-order valence-electron chi connectivity index (χ2n) is 17.3. The van der Waals surface area contributed by atoms with Crippen molar-refractivity contribution in [2.45, 2.75) is 73.0 Å². The lowest BCUT2D eigenvalue weighted by atomic mass is 9.76. The molecule has 1 saturated heterocycles. The third-order valence-electron chi connectivity index (χ3n) is 12.4. The Hall–Kier alpha value is -4.77. The van der Waals surface area contributed by atoms with Crippen molar-refractivity contribution in [3.05, 3.63) is 83.6 Å². The lowest BCUT2D eigenvalue weighted by Crippen LogP contribution is -2.32. The van der Waals surface area contributed by atoms with Crippen LogP contribution in [0.4, 0.5) is 11.4 Å². The van der Waals surface area contributed by atoms with E-state index in [4.69, 9.17) is 33.3 Å². The molecule has 0 saturated carbocycles. The maximum absolute atomic E-state index is 12.3. The van der Waals surface area contributed by atoms with E-state index in [2.05, 4.69) is 0 Å². The van der Waals surface area contributed by atoms with Crippen LogP contribution in [0.3, 0.4) is 0 Å². The Labute approximate surface area is 420 Å². The van der Waals surface area contributed by atoms with Crippen LogP contribution in [0.25, 0.3) is 0 Å². The number of amides is 2. The van der Waals surface area contributed by atoms with Crippen LogP contribution < -0.4 is 4.90 Å². The van der Waals surface area contributed by atoms with Gasteiger partial charge in [0.1, 0.15) is 6.61 Å². The van der Waals surface area contributed by atoms with Gasteiger partial charge >= 0.3 is 5.97 Å². The largest absolute Gasteiger partial charge is 0.385 e. The third kappa shape index (κ3) is 15.4. The van der Waals surface area contributed by atoms with Crippen LogP contribution in [0.5, 0.6) is 0 Å². The fraction of sp³-hybridized carbons (Fsp3) is 0.532. The molecule has 0 radical (unpaired) electrons. The molecular weight excluding hydrogens is 1010 g/mol. The van der Waals surface area contributed by atoms with Crippen molar-refractivity contribution in [1.82, 2.24) is 5.06 Å². The van der Waals surface area contributed by atoms with E-state index in [0.29, 0.717) is 59.4 Å². The summed E-state index contributed by atoms with van der Waals surface area (Å²) in [6.07, 6.45) is 9.58. The SMILES string of the molecule is COCC[N+]1=C(C=CC=CC=C2N(CCOCCOCCOCCOCCC(=O)ON3C(=O)CCC3=O)c3ccc(S(=O)(=O)O)cc3C2(C)CCOC)C(C)(CCCS(=O)(=O)O)c2cc(S(=O)(=O)O)ccc21. The molecule has 3 N–H and O–H groups in total. The number of hydrogen-bond acceptors (Lipinski definition) is 17. The average Bonchev–Trinajstić information content (AvgIpc) is 3.84. The van der Waals surface area contributed by atoms with E-state index in [1.54, 1.807) is 37.5 Å². The smallest absolute Gasteiger partial charge is 0.335 e. The first kappa shape index (κ1) is 58.1. The zero-order chi connectivity index (χ0) is 52.7. The van der Waals surface area contributed by atoms with Crippen molar-refractivity contribution in [3.63, 3.8) is 0 Å². The predicted molar refractivity (Wildman–Crippen MR) is 260 cm³/mol. The van der Waals surface area contributed by atoms with E-state index < -0.39 is 64.7 Å². The highest BCUT2D eigenvalue weighted by atomic mass is 32.2. The van der Waals surface area contributed by atoms with Crippen LogP contribution in [0.1, 0.15) is 63.5 Å². The van der Waals surface area contributed by atoms with Gasteiger partial charge < -0.3 is 38.2 Å². The van der Waals surface area contributed by atoms with Crippen LogP contribution >= 0.6 is 0 Å². The highest BCUT2D eigenvalue weighted by Gasteiger charge is 2.48. The molecule has 2 unspecified atom stereocenters. The second kappa shape index (κ2) is 25.9. The van der Waals surface area contributed by atoms with E-state index in [9.17, 15) is 53.3 Å². The first-order chi connectivity index (χ1) is 34.0. The number of allylic oxidation sites excluding steroid dienone is 6. The van der Waals surface area contributed by atoms with E-state index in [1.165, 1.54) is 31.4 Å². The minimum absolute atomic E-state index is 0.0105. The van der Waals surface area contributed by atoms with Gasteiger partial charge in [-0.05, 0) is 75.1 Å². The number of anilines is 1. The Morgan fingerprint density at radius 2 is 1.26 bits per heavy atom. The molecule has 1 fully saturated rings. The van der Waals surface area contributed by atoms with E-state index in [-0.39, 0.29) is 101 Å². The predicted octanol–water partition coefficient (Wildman–Crippen LogP) is 3.73. The number of carbonyl (C=O) groups excluding carboxylic acids is 3. The standard InChI is InChI=1S/C47H63N3O19S3/c1-46(18-8-32-70(54,55)56)37-33-35(71(57,58)59)11-13-39(37)48(20-24-64-4)41(46)9-6-5-7-10-42-47(2,19-23-63-3)38-34-36(72(60,61)62)12-14-40(38)49(42)21-25-66-27-29-68-31-30-67-28-26-65-22-17-45(53)69-50-43(51)15-16-44(50)52/h5-7,9-14,33-34H,8,15-32H2,1-4H3,(H2-,54,55,56,57,58,59,60,61,62)/p+1. The van der Waals surface area contributed by atoms with Gasteiger partial charge in [-0.1, -0.05) is 18.2 Å². The molecule has 2 amide bonds. The third-order valence-corrected chi connectivity index (χ3v) is 14.9. The summed E-state index contributed by atoms with van der Waals surface area (Å²) in [6.45, 7) is 6.78. The number of imide groups is 1. The molecule has 0 aliphatic carbocycles. The molecule has 25 heteroatoms. The molecule has 0 spiro atoms. The van der Waals surface area contributed by atoms with Crippen LogP contribution in [0.15, 0.2) is 82.3 Å². The van der Waals surface area contributed by atoms with Gasteiger partial charge in [0.2, 0.25) is 5.69 Å². The number of carbonyl (C=O) groups is 3. The maximum Gasteiger partial charge on any atom is 0.335 e. The number of hydroxylamine groups is 2. The Kier molecular flexibility index (Phi) is 20.9.